The second-order valence-corrected chi connectivity index (χ2v) is 5.66. The molecule has 3 aromatic rings. The molecule has 2 aromatic heterocycles. The molecular weight excluding hydrogens is 314 g/mol. The van der Waals surface area contributed by atoms with Crippen molar-refractivity contribution in [2.75, 3.05) is 5.32 Å². The Morgan fingerprint density at radius 3 is 2.52 bits per heavy atom. The number of nitrogens with zero attached hydrogens (tertiary/aromatic N) is 4. The van der Waals surface area contributed by atoms with Gasteiger partial charge in [0.25, 0.3) is 0 Å². The lowest BCUT2D eigenvalue weighted by atomic mass is 10.2. The lowest BCUT2D eigenvalue weighted by Crippen LogP contribution is -2.19. The number of amides is 1. The molecule has 0 unspecified atom stereocenters. The minimum absolute atomic E-state index is 0.162. The van der Waals surface area contributed by atoms with Crippen molar-refractivity contribution < 1.29 is 4.79 Å². The van der Waals surface area contributed by atoms with Crippen LogP contribution in [0.1, 0.15) is 11.3 Å². The highest BCUT2D eigenvalue weighted by atomic mass is 35.5. The molecule has 1 N–H and O–H groups in total. The summed E-state index contributed by atoms with van der Waals surface area (Å²) in [7, 11) is 0. The largest absolute Gasteiger partial charge is 0.308 e. The molecule has 6 nitrogen and oxygen atoms in total. The molecule has 0 aliphatic rings. The molecule has 118 valence electrons. The molecule has 0 fully saturated rings. The van der Waals surface area contributed by atoms with E-state index in [1.54, 1.807) is 21.6 Å². The van der Waals surface area contributed by atoms with Gasteiger partial charge in [-0.1, -0.05) is 23.7 Å². The highest BCUT2D eigenvalue weighted by Crippen LogP contribution is 2.11. The van der Waals surface area contributed by atoms with E-state index in [0.29, 0.717) is 17.4 Å². The second-order valence-electron chi connectivity index (χ2n) is 5.23. The van der Waals surface area contributed by atoms with E-state index >= 15 is 0 Å². The number of hydrogen-bond acceptors (Lipinski definition) is 3. The average Bonchev–Trinajstić information content (AvgIpc) is 3.11. The van der Waals surface area contributed by atoms with E-state index in [-0.39, 0.29) is 12.5 Å². The number of rotatable bonds is 5. The summed E-state index contributed by atoms with van der Waals surface area (Å²) >= 11 is 5.87. The quantitative estimate of drug-likeness (QED) is 0.782. The molecule has 2 heterocycles. The van der Waals surface area contributed by atoms with Crippen LogP contribution >= 0.6 is 11.6 Å². The van der Waals surface area contributed by atoms with E-state index in [9.17, 15) is 4.79 Å². The number of anilines is 1. The lowest BCUT2D eigenvalue weighted by Gasteiger charge is -2.03. The van der Waals surface area contributed by atoms with Gasteiger partial charge in [-0.25, -0.2) is 0 Å². The number of nitrogens with one attached hydrogen (secondary N) is 1. The molecular formula is C16H16ClN5O. The van der Waals surface area contributed by atoms with Gasteiger partial charge in [-0.2, -0.15) is 10.2 Å². The number of hydrogen-bond donors (Lipinski definition) is 1. The van der Waals surface area contributed by atoms with Crippen LogP contribution in [0.2, 0.25) is 5.02 Å². The summed E-state index contributed by atoms with van der Waals surface area (Å²) in [6.45, 7) is 2.66. The highest BCUT2D eigenvalue weighted by Gasteiger charge is 2.07. The van der Waals surface area contributed by atoms with E-state index in [2.05, 4.69) is 15.5 Å². The normalized spacial score (nSPS) is 10.7. The number of benzene rings is 1. The van der Waals surface area contributed by atoms with Gasteiger partial charge in [-0.15, -0.1) is 0 Å². The van der Waals surface area contributed by atoms with Crippen LogP contribution in [0.25, 0.3) is 0 Å². The molecule has 0 aliphatic heterocycles. The van der Waals surface area contributed by atoms with Crippen molar-refractivity contribution in [3.8, 4) is 0 Å². The van der Waals surface area contributed by atoms with Crippen molar-refractivity contribution >= 4 is 23.3 Å². The molecule has 1 amide bonds. The van der Waals surface area contributed by atoms with Crippen molar-refractivity contribution in [2.24, 2.45) is 0 Å². The molecule has 0 bridgehead atoms. The number of carbonyl (C=O) groups excluding carboxylic acids is 1. The van der Waals surface area contributed by atoms with Crippen LogP contribution in [0.5, 0.6) is 0 Å². The maximum absolute atomic E-state index is 12.0. The zero-order chi connectivity index (χ0) is 16.2. The predicted octanol–water partition coefficient (Wildman–Crippen LogP) is 2.73. The number of halogens is 1. The van der Waals surface area contributed by atoms with E-state index in [4.69, 9.17) is 11.6 Å². The zero-order valence-electron chi connectivity index (χ0n) is 12.6. The Labute approximate surface area is 138 Å². The predicted molar refractivity (Wildman–Crippen MR) is 88.4 cm³/mol. The summed E-state index contributed by atoms with van der Waals surface area (Å²) in [5.74, 6) is 0.359. The molecule has 0 spiro atoms. The molecule has 0 saturated carbocycles. The summed E-state index contributed by atoms with van der Waals surface area (Å²) in [6.07, 6.45) is 3.59. The standard InChI is InChI=1S/C16H16ClN5O/c1-12-6-8-22(19-12)11-16(23)18-15-7-9-21(20-15)10-13-2-4-14(17)5-3-13/h2-9H,10-11H2,1H3,(H,18,20,23). The van der Waals surface area contributed by atoms with Crippen LogP contribution < -0.4 is 5.32 Å². The first kappa shape index (κ1) is 15.3. The Bertz CT molecular complexity index is 806. The summed E-state index contributed by atoms with van der Waals surface area (Å²) in [5, 5.41) is 12.0. The molecule has 0 aliphatic carbocycles. The number of aromatic nitrogens is 4. The second kappa shape index (κ2) is 6.66. The van der Waals surface area contributed by atoms with E-state index in [1.807, 2.05) is 43.5 Å². The van der Waals surface area contributed by atoms with Crippen LogP contribution in [0.4, 0.5) is 5.82 Å². The summed E-state index contributed by atoms with van der Waals surface area (Å²) in [5.41, 5.74) is 1.97. The Hall–Kier alpha value is -2.60. The van der Waals surface area contributed by atoms with Crippen molar-refractivity contribution in [1.29, 1.82) is 0 Å². The molecule has 0 saturated heterocycles. The molecule has 0 atom stereocenters. The van der Waals surface area contributed by atoms with Crippen molar-refractivity contribution in [3.63, 3.8) is 0 Å². The van der Waals surface area contributed by atoms with Gasteiger partial charge in [-0.3, -0.25) is 14.2 Å². The van der Waals surface area contributed by atoms with E-state index in [0.717, 1.165) is 11.3 Å². The lowest BCUT2D eigenvalue weighted by molar-refractivity contribution is -0.116. The van der Waals surface area contributed by atoms with E-state index in [1.165, 1.54) is 0 Å². The highest BCUT2D eigenvalue weighted by molar-refractivity contribution is 6.30. The van der Waals surface area contributed by atoms with Crippen LogP contribution in [0.3, 0.4) is 0 Å². The maximum Gasteiger partial charge on any atom is 0.247 e. The van der Waals surface area contributed by atoms with E-state index < -0.39 is 0 Å². The average molecular weight is 330 g/mol. The van der Waals surface area contributed by atoms with Gasteiger partial charge in [0.15, 0.2) is 5.82 Å². The SMILES string of the molecule is Cc1ccn(CC(=O)Nc2ccn(Cc3ccc(Cl)cc3)n2)n1. The van der Waals surface area contributed by atoms with Crippen LogP contribution in [-0.2, 0) is 17.9 Å². The first-order chi connectivity index (χ1) is 11.1. The smallest absolute Gasteiger partial charge is 0.247 e. The number of carbonyl (C=O) groups is 1. The molecule has 0 radical (unpaired) electrons. The third-order valence-electron chi connectivity index (χ3n) is 3.25. The fraction of sp³-hybridized carbons (Fsp3) is 0.188. The summed E-state index contributed by atoms with van der Waals surface area (Å²) in [6, 6.07) is 11.2. The summed E-state index contributed by atoms with van der Waals surface area (Å²) < 4.78 is 3.35. The Kier molecular flexibility index (Phi) is 4.43. The molecule has 3 rings (SSSR count). The Balaban J connectivity index is 1.58. The Morgan fingerprint density at radius 1 is 1.09 bits per heavy atom. The third-order valence-corrected chi connectivity index (χ3v) is 3.50. The molecule has 7 heteroatoms. The van der Waals surface area contributed by atoms with Gasteiger partial charge < -0.3 is 5.32 Å². The van der Waals surface area contributed by atoms with Gasteiger partial charge in [0, 0.05) is 23.5 Å². The van der Waals surface area contributed by atoms with Crippen LogP contribution in [-0.4, -0.2) is 25.5 Å². The van der Waals surface area contributed by atoms with Gasteiger partial charge in [0.05, 0.1) is 12.2 Å². The van der Waals surface area contributed by atoms with Crippen molar-refractivity contribution in [2.45, 2.75) is 20.0 Å². The topological polar surface area (TPSA) is 64.7 Å². The molecule has 23 heavy (non-hydrogen) atoms. The molecule has 1 aromatic carbocycles. The van der Waals surface area contributed by atoms with Crippen LogP contribution in [0.15, 0.2) is 48.8 Å². The maximum atomic E-state index is 12.0. The van der Waals surface area contributed by atoms with Gasteiger partial charge in [0.1, 0.15) is 6.54 Å². The zero-order valence-corrected chi connectivity index (χ0v) is 13.4. The van der Waals surface area contributed by atoms with Crippen molar-refractivity contribution in [3.05, 3.63) is 65.1 Å². The van der Waals surface area contributed by atoms with Crippen LogP contribution in [0, 0.1) is 6.92 Å². The minimum Gasteiger partial charge on any atom is -0.308 e. The third kappa shape index (κ3) is 4.20. The van der Waals surface area contributed by atoms with Crippen molar-refractivity contribution in [1.82, 2.24) is 19.6 Å². The first-order valence-electron chi connectivity index (χ1n) is 7.16. The fourth-order valence-electron chi connectivity index (χ4n) is 2.17. The minimum atomic E-state index is -0.162. The number of aryl methyl sites for hydroxylation is 1. The van der Waals surface area contributed by atoms with Gasteiger partial charge >= 0.3 is 0 Å². The fourth-order valence-corrected chi connectivity index (χ4v) is 2.30. The van der Waals surface area contributed by atoms with Gasteiger partial charge in [0.2, 0.25) is 5.91 Å². The van der Waals surface area contributed by atoms with Gasteiger partial charge in [-0.05, 0) is 30.7 Å². The Morgan fingerprint density at radius 2 is 1.83 bits per heavy atom. The summed E-state index contributed by atoms with van der Waals surface area (Å²) in [4.78, 5) is 12.0. The monoisotopic (exact) mass is 329 g/mol. The first-order valence-corrected chi connectivity index (χ1v) is 7.54.